The molecule has 4 heteroatoms. The van der Waals surface area contributed by atoms with Gasteiger partial charge in [-0.05, 0) is 38.0 Å². The minimum Gasteiger partial charge on any atom is -0.490 e. The summed E-state index contributed by atoms with van der Waals surface area (Å²) in [5.74, 6) is 3.87. The third-order valence-electron chi connectivity index (χ3n) is 2.63. The van der Waals surface area contributed by atoms with E-state index in [-0.39, 0.29) is 6.61 Å². The fourth-order valence-electron chi connectivity index (χ4n) is 1.76. The summed E-state index contributed by atoms with van der Waals surface area (Å²) in [4.78, 5) is 0.887. The van der Waals surface area contributed by atoms with E-state index in [0.29, 0.717) is 12.4 Å². The van der Waals surface area contributed by atoms with Gasteiger partial charge in [-0.2, -0.15) is 0 Å². The molecule has 1 N–H and O–H groups in total. The van der Waals surface area contributed by atoms with Gasteiger partial charge in [-0.15, -0.1) is 6.42 Å². The van der Waals surface area contributed by atoms with Gasteiger partial charge in [-0.25, -0.2) is 0 Å². The van der Waals surface area contributed by atoms with E-state index >= 15 is 0 Å². The van der Waals surface area contributed by atoms with Gasteiger partial charge in [0.15, 0.2) is 11.5 Å². The van der Waals surface area contributed by atoms with Crippen LogP contribution in [-0.2, 0) is 6.42 Å². The maximum atomic E-state index is 5.59. The molecule has 0 bridgehead atoms. The first-order chi connectivity index (χ1) is 9.71. The number of terminal acetylenes is 1. The minimum atomic E-state index is 0.240. The van der Waals surface area contributed by atoms with Crippen molar-refractivity contribution in [2.24, 2.45) is 0 Å². The Morgan fingerprint density at radius 2 is 2.10 bits per heavy atom. The van der Waals surface area contributed by atoms with Gasteiger partial charge >= 0.3 is 0 Å². The van der Waals surface area contributed by atoms with Crippen molar-refractivity contribution in [1.29, 1.82) is 0 Å². The largest absolute Gasteiger partial charge is 0.490 e. The van der Waals surface area contributed by atoms with Crippen LogP contribution in [-0.4, -0.2) is 24.7 Å². The Morgan fingerprint density at radius 1 is 1.30 bits per heavy atom. The summed E-state index contributed by atoms with van der Waals surface area (Å²) in [6.07, 6.45) is 6.91. The summed E-state index contributed by atoms with van der Waals surface area (Å²) in [5, 5.41) is 3.15. The first kappa shape index (κ1) is 16.3. The predicted octanol–water partition coefficient (Wildman–Crippen LogP) is 2.97. The smallest absolute Gasteiger partial charge is 0.162 e. The Kier molecular flexibility index (Phi) is 7.52. The van der Waals surface area contributed by atoms with Crippen LogP contribution in [0.25, 0.3) is 0 Å². The van der Waals surface area contributed by atoms with Crippen molar-refractivity contribution >= 4 is 17.2 Å². The highest BCUT2D eigenvalue weighted by Gasteiger charge is 2.07. The second-order valence-corrected chi connectivity index (χ2v) is 4.65. The summed E-state index contributed by atoms with van der Waals surface area (Å²) in [7, 11) is 0. The number of rotatable bonds is 8. The van der Waals surface area contributed by atoms with Crippen LogP contribution in [0.4, 0.5) is 0 Å². The second kappa shape index (κ2) is 9.22. The van der Waals surface area contributed by atoms with Crippen LogP contribution < -0.4 is 14.8 Å². The van der Waals surface area contributed by atoms with E-state index in [4.69, 9.17) is 28.1 Å². The van der Waals surface area contributed by atoms with Crippen molar-refractivity contribution in [3.8, 4) is 23.8 Å². The monoisotopic (exact) mass is 291 g/mol. The van der Waals surface area contributed by atoms with E-state index < -0.39 is 0 Å². The van der Waals surface area contributed by atoms with Crippen LogP contribution in [0.3, 0.4) is 0 Å². The molecule has 0 aromatic heterocycles. The minimum absolute atomic E-state index is 0.240. The fraction of sp³-hybridized carbons (Fsp3) is 0.438. The lowest BCUT2D eigenvalue weighted by molar-refractivity contribution is 0.299. The molecule has 20 heavy (non-hydrogen) atoms. The van der Waals surface area contributed by atoms with Crippen molar-refractivity contribution in [3.63, 3.8) is 0 Å². The summed E-state index contributed by atoms with van der Waals surface area (Å²) >= 11 is 5.23. The molecule has 0 aliphatic carbocycles. The van der Waals surface area contributed by atoms with Crippen molar-refractivity contribution in [2.75, 3.05) is 19.8 Å². The zero-order chi connectivity index (χ0) is 14.8. The van der Waals surface area contributed by atoms with Gasteiger partial charge < -0.3 is 14.8 Å². The van der Waals surface area contributed by atoms with Crippen LogP contribution in [0, 0.1) is 12.3 Å². The molecule has 0 amide bonds. The quantitative estimate of drug-likeness (QED) is 0.589. The molecule has 0 heterocycles. The molecule has 1 rings (SSSR count). The molecule has 1 aromatic rings. The highest BCUT2D eigenvalue weighted by atomic mass is 32.1. The van der Waals surface area contributed by atoms with Gasteiger partial charge in [0.1, 0.15) is 6.61 Å². The molecule has 3 nitrogen and oxygen atoms in total. The maximum absolute atomic E-state index is 5.59. The molecule has 0 atom stereocenters. The van der Waals surface area contributed by atoms with Gasteiger partial charge in [0.25, 0.3) is 0 Å². The lowest BCUT2D eigenvalue weighted by atomic mass is 10.1. The Labute approximate surface area is 126 Å². The summed E-state index contributed by atoms with van der Waals surface area (Å²) in [5.41, 5.74) is 1.17. The van der Waals surface area contributed by atoms with Crippen molar-refractivity contribution < 1.29 is 9.47 Å². The number of benzene rings is 1. The standard InChI is InChI=1S/C16H21NO2S/c1-4-11-19-14-9-7-13(12-15(14)18-6-3)8-10-16(20)17-5-2/h1,7,9,12H,5-6,8,10-11H2,2-3H3,(H,17,20). The Balaban J connectivity index is 2.71. The third kappa shape index (κ3) is 5.50. The molecule has 0 spiro atoms. The number of nitrogens with one attached hydrogen (secondary N) is 1. The molecule has 0 fully saturated rings. The number of ether oxygens (including phenoxy) is 2. The Morgan fingerprint density at radius 3 is 2.75 bits per heavy atom. The SMILES string of the molecule is C#CCOc1ccc(CCC(=S)NCC)cc1OCC. The molecular weight excluding hydrogens is 270 g/mol. The fourth-order valence-corrected chi connectivity index (χ4v) is 2.00. The van der Waals surface area contributed by atoms with Crippen LogP contribution >= 0.6 is 12.2 Å². The first-order valence-electron chi connectivity index (χ1n) is 6.79. The van der Waals surface area contributed by atoms with Gasteiger partial charge in [-0.3, -0.25) is 0 Å². The summed E-state index contributed by atoms with van der Waals surface area (Å²) in [6.45, 7) is 5.67. The van der Waals surface area contributed by atoms with E-state index in [1.807, 2.05) is 32.0 Å². The topological polar surface area (TPSA) is 30.5 Å². The molecule has 0 saturated carbocycles. The van der Waals surface area contributed by atoms with Gasteiger partial charge in [-0.1, -0.05) is 24.2 Å². The lowest BCUT2D eigenvalue weighted by Crippen LogP contribution is -2.20. The van der Waals surface area contributed by atoms with Crippen LogP contribution in [0.1, 0.15) is 25.8 Å². The molecule has 0 unspecified atom stereocenters. The number of hydrogen-bond acceptors (Lipinski definition) is 3. The summed E-state index contributed by atoms with van der Waals surface area (Å²) < 4.78 is 11.0. The van der Waals surface area contributed by atoms with Gasteiger partial charge in [0.2, 0.25) is 0 Å². The van der Waals surface area contributed by atoms with Crippen LogP contribution in [0.5, 0.6) is 11.5 Å². The molecule has 0 aliphatic heterocycles. The normalized spacial score (nSPS) is 9.65. The molecule has 0 aliphatic rings. The molecule has 1 aromatic carbocycles. The Hall–Kier alpha value is -1.73. The number of hydrogen-bond donors (Lipinski definition) is 1. The lowest BCUT2D eigenvalue weighted by Gasteiger charge is -2.12. The first-order valence-corrected chi connectivity index (χ1v) is 7.20. The highest BCUT2D eigenvalue weighted by molar-refractivity contribution is 7.80. The van der Waals surface area contributed by atoms with Crippen molar-refractivity contribution in [3.05, 3.63) is 23.8 Å². The van der Waals surface area contributed by atoms with E-state index in [9.17, 15) is 0 Å². The molecule has 0 saturated heterocycles. The summed E-state index contributed by atoms with van der Waals surface area (Å²) in [6, 6.07) is 5.90. The zero-order valence-electron chi connectivity index (χ0n) is 12.1. The van der Waals surface area contributed by atoms with E-state index in [0.717, 1.165) is 30.1 Å². The number of thiocarbonyl (C=S) groups is 1. The highest BCUT2D eigenvalue weighted by Crippen LogP contribution is 2.28. The zero-order valence-corrected chi connectivity index (χ0v) is 12.9. The average Bonchev–Trinajstić information content (AvgIpc) is 2.45. The van der Waals surface area contributed by atoms with Crippen LogP contribution in [0.2, 0.25) is 0 Å². The predicted molar refractivity (Wildman–Crippen MR) is 86.5 cm³/mol. The maximum Gasteiger partial charge on any atom is 0.162 e. The van der Waals surface area contributed by atoms with Gasteiger partial charge in [0, 0.05) is 13.0 Å². The second-order valence-electron chi connectivity index (χ2n) is 4.16. The number of aryl methyl sites for hydroxylation is 1. The van der Waals surface area contributed by atoms with Crippen molar-refractivity contribution in [2.45, 2.75) is 26.7 Å². The van der Waals surface area contributed by atoms with E-state index in [2.05, 4.69) is 11.2 Å². The van der Waals surface area contributed by atoms with Crippen molar-refractivity contribution in [1.82, 2.24) is 5.32 Å². The molecule has 0 radical (unpaired) electrons. The van der Waals surface area contributed by atoms with E-state index in [1.165, 1.54) is 5.56 Å². The van der Waals surface area contributed by atoms with Gasteiger partial charge in [0.05, 0.1) is 11.6 Å². The van der Waals surface area contributed by atoms with Crippen LogP contribution in [0.15, 0.2) is 18.2 Å². The molecule has 108 valence electrons. The molecular formula is C16H21NO2S. The third-order valence-corrected chi connectivity index (χ3v) is 2.98. The average molecular weight is 291 g/mol. The Bertz CT molecular complexity index is 480. The van der Waals surface area contributed by atoms with E-state index in [1.54, 1.807) is 0 Å².